The summed E-state index contributed by atoms with van der Waals surface area (Å²) >= 11 is 0. The van der Waals surface area contributed by atoms with Crippen LogP contribution in [0.3, 0.4) is 0 Å². The van der Waals surface area contributed by atoms with E-state index in [1.54, 1.807) is 0 Å². The van der Waals surface area contributed by atoms with Gasteiger partial charge in [0, 0.05) is 0 Å². The Balaban J connectivity index is 2.29. The Bertz CT molecular complexity index is 355. The van der Waals surface area contributed by atoms with E-state index in [2.05, 4.69) is 20.8 Å². The number of hydrogen-bond donors (Lipinski definition) is 1. The smallest absolute Gasteiger partial charge is 0.119 e. The second-order valence-corrected chi connectivity index (χ2v) is 5.38. The van der Waals surface area contributed by atoms with Gasteiger partial charge in [0.25, 0.3) is 0 Å². The first-order valence-electron chi connectivity index (χ1n) is 7.44. The molecule has 0 unspecified atom stereocenters. The second kappa shape index (κ2) is 8.18. The van der Waals surface area contributed by atoms with E-state index in [0.29, 0.717) is 5.75 Å². The molecule has 1 aromatic carbocycles. The Kier molecular flexibility index (Phi) is 6.85. The molecule has 0 saturated heterocycles. The maximum absolute atomic E-state index is 9.89. The van der Waals surface area contributed by atoms with Gasteiger partial charge < -0.3 is 5.11 Å². The third-order valence-corrected chi connectivity index (χ3v) is 3.87. The van der Waals surface area contributed by atoms with Crippen LogP contribution in [0, 0.1) is 13.8 Å². The first-order valence-corrected chi connectivity index (χ1v) is 7.44. The third kappa shape index (κ3) is 4.72. The van der Waals surface area contributed by atoms with Crippen molar-refractivity contribution in [3.05, 3.63) is 28.8 Å². The third-order valence-electron chi connectivity index (χ3n) is 3.87. The van der Waals surface area contributed by atoms with E-state index in [4.69, 9.17) is 0 Å². The number of aromatic hydroxyl groups is 1. The second-order valence-electron chi connectivity index (χ2n) is 5.38. The van der Waals surface area contributed by atoms with Gasteiger partial charge in [0.2, 0.25) is 0 Å². The van der Waals surface area contributed by atoms with Crippen LogP contribution in [-0.4, -0.2) is 5.11 Å². The molecule has 0 spiro atoms. The van der Waals surface area contributed by atoms with Crippen LogP contribution in [0.1, 0.15) is 68.6 Å². The molecule has 0 radical (unpaired) electrons. The normalized spacial score (nSPS) is 10.8. The minimum atomic E-state index is 0.476. The van der Waals surface area contributed by atoms with Crippen molar-refractivity contribution in [1.82, 2.24) is 0 Å². The Morgan fingerprint density at radius 2 is 1.50 bits per heavy atom. The van der Waals surface area contributed by atoms with E-state index in [1.807, 2.05) is 12.1 Å². The Labute approximate surface area is 112 Å². The summed E-state index contributed by atoms with van der Waals surface area (Å²) in [6, 6.07) is 3.83. The molecule has 0 atom stereocenters. The molecule has 0 aliphatic rings. The van der Waals surface area contributed by atoms with Crippen molar-refractivity contribution in [3.63, 3.8) is 0 Å². The number of aryl methyl sites for hydroxylation is 1. The van der Waals surface area contributed by atoms with Crippen LogP contribution in [-0.2, 0) is 6.42 Å². The summed E-state index contributed by atoms with van der Waals surface area (Å²) in [6.45, 7) is 6.48. The summed E-state index contributed by atoms with van der Waals surface area (Å²) in [5, 5.41) is 9.89. The van der Waals surface area contributed by atoms with E-state index in [9.17, 15) is 5.11 Å². The molecule has 1 N–H and O–H groups in total. The fraction of sp³-hybridized carbons (Fsp3) is 0.647. The molecular formula is C17H28O. The monoisotopic (exact) mass is 248 g/mol. The Morgan fingerprint density at radius 3 is 2.17 bits per heavy atom. The summed E-state index contributed by atoms with van der Waals surface area (Å²) in [6.07, 6.45) is 10.3. The quantitative estimate of drug-likeness (QED) is 0.619. The number of benzene rings is 1. The Hall–Kier alpha value is -0.980. The van der Waals surface area contributed by atoms with Crippen LogP contribution in [0.4, 0.5) is 0 Å². The summed E-state index contributed by atoms with van der Waals surface area (Å²) in [5.74, 6) is 0.476. The van der Waals surface area contributed by atoms with Gasteiger partial charge in [0.1, 0.15) is 5.75 Å². The maximum Gasteiger partial charge on any atom is 0.119 e. The van der Waals surface area contributed by atoms with Crippen molar-refractivity contribution in [2.45, 2.75) is 72.1 Å². The lowest BCUT2D eigenvalue weighted by Crippen LogP contribution is -1.94. The van der Waals surface area contributed by atoms with Crippen molar-refractivity contribution in [2.24, 2.45) is 0 Å². The number of phenols is 1. The molecule has 0 aliphatic heterocycles. The van der Waals surface area contributed by atoms with Gasteiger partial charge in [-0.25, -0.2) is 0 Å². The molecule has 1 nitrogen and oxygen atoms in total. The van der Waals surface area contributed by atoms with Crippen molar-refractivity contribution < 1.29 is 5.11 Å². The summed E-state index contributed by atoms with van der Waals surface area (Å²) in [7, 11) is 0. The van der Waals surface area contributed by atoms with E-state index < -0.39 is 0 Å². The fourth-order valence-electron chi connectivity index (χ4n) is 2.43. The number of phenolic OH excluding ortho intramolecular Hbond substituents is 1. The van der Waals surface area contributed by atoms with Gasteiger partial charge in [0.15, 0.2) is 0 Å². The van der Waals surface area contributed by atoms with Gasteiger partial charge in [-0.15, -0.1) is 0 Å². The lowest BCUT2D eigenvalue weighted by atomic mass is 9.97. The first kappa shape index (κ1) is 15.1. The lowest BCUT2D eigenvalue weighted by molar-refractivity contribution is 0.465. The van der Waals surface area contributed by atoms with Gasteiger partial charge in [-0.1, -0.05) is 51.5 Å². The fourth-order valence-corrected chi connectivity index (χ4v) is 2.43. The number of unbranched alkanes of at least 4 members (excludes halogenated alkanes) is 6. The van der Waals surface area contributed by atoms with Crippen molar-refractivity contribution >= 4 is 0 Å². The molecule has 0 saturated carbocycles. The number of hydrogen-bond acceptors (Lipinski definition) is 1. The highest BCUT2D eigenvalue weighted by atomic mass is 16.3. The van der Waals surface area contributed by atoms with E-state index in [0.717, 1.165) is 12.0 Å². The van der Waals surface area contributed by atoms with Crippen LogP contribution in [0.15, 0.2) is 12.1 Å². The minimum absolute atomic E-state index is 0.476. The van der Waals surface area contributed by atoms with Gasteiger partial charge in [-0.05, 0) is 49.4 Å². The molecule has 0 aromatic heterocycles. The van der Waals surface area contributed by atoms with Crippen molar-refractivity contribution in [3.8, 4) is 5.75 Å². The molecule has 0 fully saturated rings. The Morgan fingerprint density at radius 1 is 0.889 bits per heavy atom. The zero-order valence-corrected chi connectivity index (χ0v) is 12.3. The summed E-state index contributed by atoms with van der Waals surface area (Å²) in [4.78, 5) is 0. The molecule has 1 heteroatoms. The van der Waals surface area contributed by atoms with Gasteiger partial charge >= 0.3 is 0 Å². The molecule has 0 bridgehead atoms. The SMILES string of the molecule is CCCCCCCCCc1c(O)ccc(C)c1C. The summed E-state index contributed by atoms with van der Waals surface area (Å²) < 4.78 is 0. The topological polar surface area (TPSA) is 20.2 Å². The van der Waals surface area contributed by atoms with Gasteiger partial charge in [-0.2, -0.15) is 0 Å². The zero-order valence-electron chi connectivity index (χ0n) is 12.3. The van der Waals surface area contributed by atoms with E-state index >= 15 is 0 Å². The van der Waals surface area contributed by atoms with Crippen molar-refractivity contribution in [1.29, 1.82) is 0 Å². The lowest BCUT2D eigenvalue weighted by Gasteiger charge is -2.10. The van der Waals surface area contributed by atoms with Crippen LogP contribution < -0.4 is 0 Å². The highest BCUT2D eigenvalue weighted by Crippen LogP contribution is 2.25. The zero-order chi connectivity index (χ0) is 13.4. The molecule has 1 aromatic rings. The summed E-state index contributed by atoms with van der Waals surface area (Å²) in [5.41, 5.74) is 3.70. The van der Waals surface area contributed by atoms with Gasteiger partial charge in [0.05, 0.1) is 0 Å². The molecular weight excluding hydrogens is 220 g/mol. The predicted molar refractivity (Wildman–Crippen MR) is 79.3 cm³/mol. The average molecular weight is 248 g/mol. The van der Waals surface area contributed by atoms with E-state index in [-0.39, 0.29) is 0 Å². The molecule has 0 heterocycles. The van der Waals surface area contributed by atoms with Crippen LogP contribution in [0.25, 0.3) is 0 Å². The van der Waals surface area contributed by atoms with E-state index in [1.165, 1.54) is 56.1 Å². The molecule has 1 rings (SSSR count). The number of rotatable bonds is 8. The highest BCUT2D eigenvalue weighted by Gasteiger charge is 2.06. The maximum atomic E-state index is 9.89. The minimum Gasteiger partial charge on any atom is -0.508 e. The molecule has 102 valence electrons. The average Bonchev–Trinajstić information content (AvgIpc) is 2.36. The highest BCUT2D eigenvalue weighted by molar-refractivity contribution is 5.43. The molecule has 0 aliphatic carbocycles. The molecule has 18 heavy (non-hydrogen) atoms. The van der Waals surface area contributed by atoms with Gasteiger partial charge in [-0.3, -0.25) is 0 Å². The largest absolute Gasteiger partial charge is 0.508 e. The van der Waals surface area contributed by atoms with Crippen LogP contribution in [0.5, 0.6) is 5.75 Å². The standard InChI is InChI=1S/C17H28O/c1-4-5-6-7-8-9-10-11-16-15(3)14(2)12-13-17(16)18/h12-13,18H,4-11H2,1-3H3. The molecule has 0 amide bonds. The van der Waals surface area contributed by atoms with Crippen LogP contribution >= 0.6 is 0 Å². The predicted octanol–water partition coefficient (Wildman–Crippen LogP) is 5.30. The van der Waals surface area contributed by atoms with Crippen LogP contribution in [0.2, 0.25) is 0 Å². The first-order chi connectivity index (χ1) is 8.66. The van der Waals surface area contributed by atoms with Crippen molar-refractivity contribution in [2.75, 3.05) is 0 Å².